The highest BCUT2D eigenvalue weighted by Crippen LogP contribution is 2.52. The maximum absolute atomic E-state index is 12.9. The number of hydrogen-bond donors (Lipinski definition) is 0. The third kappa shape index (κ3) is 1.65. The Labute approximate surface area is 105 Å². The van der Waals surface area contributed by atoms with Gasteiger partial charge in [0.1, 0.15) is 5.82 Å². The molecule has 1 aromatic rings. The maximum Gasteiger partial charge on any atom is 0.313 e. The van der Waals surface area contributed by atoms with E-state index in [1.165, 1.54) is 12.1 Å². The van der Waals surface area contributed by atoms with Crippen molar-refractivity contribution < 1.29 is 13.9 Å². The van der Waals surface area contributed by atoms with Gasteiger partial charge < -0.3 is 4.74 Å². The van der Waals surface area contributed by atoms with Crippen molar-refractivity contribution in [3.05, 3.63) is 47.8 Å². The lowest BCUT2D eigenvalue weighted by Crippen LogP contribution is -2.31. The van der Waals surface area contributed by atoms with Crippen LogP contribution in [0.15, 0.2) is 36.4 Å². The van der Waals surface area contributed by atoms with Crippen molar-refractivity contribution in [3.8, 4) is 0 Å². The van der Waals surface area contributed by atoms with E-state index in [1.54, 1.807) is 12.1 Å². The molecule has 0 spiro atoms. The quantitative estimate of drug-likeness (QED) is 0.592. The summed E-state index contributed by atoms with van der Waals surface area (Å²) in [5, 5.41) is 0. The molecule has 2 atom stereocenters. The van der Waals surface area contributed by atoms with Gasteiger partial charge >= 0.3 is 5.97 Å². The minimum atomic E-state index is -0.449. The van der Waals surface area contributed by atoms with Gasteiger partial charge in [0.05, 0.1) is 12.0 Å². The van der Waals surface area contributed by atoms with E-state index >= 15 is 0 Å². The number of halogens is 1. The van der Waals surface area contributed by atoms with Crippen LogP contribution in [0.25, 0.3) is 0 Å². The fraction of sp³-hybridized carbons (Fsp3) is 0.400. The lowest BCUT2D eigenvalue weighted by atomic mass is 9.75. The number of carbonyl (C=O) groups excluding carboxylic acids is 1. The second kappa shape index (κ2) is 3.94. The van der Waals surface area contributed by atoms with E-state index < -0.39 is 5.41 Å². The first-order valence-electron chi connectivity index (χ1n) is 6.18. The third-order valence-electron chi connectivity index (χ3n) is 4.14. The summed E-state index contributed by atoms with van der Waals surface area (Å²) in [5.41, 5.74) is 1.66. The number of benzene rings is 1. The predicted molar refractivity (Wildman–Crippen MR) is 65.4 cm³/mol. The van der Waals surface area contributed by atoms with E-state index in [2.05, 4.69) is 6.58 Å². The van der Waals surface area contributed by atoms with Gasteiger partial charge in [-0.3, -0.25) is 4.79 Å². The number of carbonyl (C=O) groups is 1. The molecular weight excluding hydrogens is 231 g/mol. The molecule has 2 fully saturated rings. The number of esters is 1. The topological polar surface area (TPSA) is 26.3 Å². The number of cyclic esters (lactones) is 1. The Balaban J connectivity index is 1.91. The molecule has 3 rings (SSSR count). The van der Waals surface area contributed by atoms with Crippen LogP contribution in [0.5, 0.6) is 0 Å². The molecule has 0 aromatic heterocycles. The summed E-state index contributed by atoms with van der Waals surface area (Å²) < 4.78 is 18.1. The summed E-state index contributed by atoms with van der Waals surface area (Å²) in [5.74, 6) is -0.129. The van der Waals surface area contributed by atoms with E-state index in [0.717, 1.165) is 17.6 Å². The fourth-order valence-electron chi connectivity index (χ4n) is 3.23. The Bertz CT molecular complexity index is 506. The Morgan fingerprint density at radius 3 is 2.83 bits per heavy atom. The summed E-state index contributed by atoms with van der Waals surface area (Å²) in [7, 11) is 0. The van der Waals surface area contributed by atoms with Gasteiger partial charge in [0.2, 0.25) is 0 Å². The van der Waals surface area contributed by atoms with Crippen molar-refractivity contribution in [2.75, 3.05) is 6.61 Å². The summed E-state index contributed by atoms with van der Waals surface area (Å²) >= 11 is 0. The molecule has 0 radical (unpaired) electrons. The summed E-state index contributed by atoms with van der Waals surface area (Å²) in [6, 6.07) is 6.36. The zero-order chi connectivity index (χ0) is 12.8. The molecule has 1 aliphatic heterocycles. The number of fused-ring (bicyclic) bond motifs is 1. The highest BCUT2D eigenvalue weighted by atomic mass is 19.1. The number of rotatable bonds is 2. The SMILES string of the molecule is C=C1CC2COC(=O)C2(Cc2ccc(F)cc2)C1. The smallest absolute Gasteiger partial charge is 0.313 e. The molecule has 1 aliphatic carbocycles. The van der Waals surface area contributed by atoms with Crippen LogP contribution < -0.4 is 0 Å². The summed E-state index contributed by atoms with van der Waals surface area (Å²) in [6.07, 6.45) is 2.19. The van der Waals surface area contributed by atoms with E-state index in [-0.39, 0.29) is 17.7 Å². The second-order valence-electron chi connectivity index (χ2n) is 5.39. The molecule has 1 saturated heterocycles. The number of allylic oxidation sites excluding steroid dienone is 1. The van der Waals surface area contributed by atoms with Crippen LogP contribution in [0.4, 0.5) is 4.39 Å². The van der Waals surface area contributed by atoms with Gasteiger partial charge in [-0.05, 0) is 37.0 Å². The highest BCUT2D eigenvalue weighted by molar-refractivity contribution is 5.81. The molecule has 1 aromatic carbocycles. The Morgan fingerprint density at radius 2 is 2.11 bits per heavy atom. The second-order valence-corrected chi connectivity index (χ2v) is 5.39. The van der Waals surface area contributed by atoms with Crippen LogP contribution in [-0.2, 0) is 16.0 Å². The van der Waals surface area contributed by atoms with Crippen molar-refractivity contribution in [3.63, 3.8) is 0 Å². The van der Waals surface area contributed by atoms with E-state index in [9.17, 15) is 9.18 Å². The van der Waals surface area contributed by atoms with Crippen LogP contribution in [-0.4, -0.2) is 12.6 Å². The lowest BCUT2D eigenvalue weighted by molar-refractivity contribution is -0.146. The summed E-state index contributed by atoms with van der Waals surface area (Å²) in [6.45, 7) is 4.50. The van der Waals surface area contributed by atoms with Crippen molar-refractivity contribution in [1.82, 2.24) is 0 Å². The Hall–Kier alpha value is -1.64. The van der Waals surface area contributed by atoms with Gasteiger partial charge in [-0.2, -0.15) is 0 Å². The van der Waals surface area contributed by atoms with Gasteiger partial charge in [-0.15, -0.1) is 0 Å². The van der Waals surface area contributed by atoms with Crippen LogP contribution in [0.2, 0.25) is 0 Å². The minimum absolute atomic E-state index is 0.115. The molecule has 0 amide bonds. The zero-order valence-corrected chi connectivity index (χ0v) is 10.1. The van der Waals surface area contributed by atoms with Crippen LogP contribution >= 0.6 is 0 Å². The molecule has 3 heteroatoms. The van der Waals surface area contributed by atoms with Crippen molar-refractivity contribution >= 4 is 5.97 Å². The van der Waals surface area contributed by atoms with Gasteiger partial charge in [-0.25, -0.2) is 4.39 Å². The molecule has 0 N–H and O–H groups in total. The fourth-order valence-corrected chi connectivity index (χ4v) is 3.23. The third-order valence-corrected chi connectivity index (χ3v) is 4.14. The molecule has 2 nitrogen and oxygen atoms in total. The van der Waals surface area contributed by atoms with Crippen LogP contribution in [0, 0.1) is 17.2 Å². The van der Waals surface area contributed by atoms with Gasteiger partial charge in [0, 0.05) is 5.92 Å². The van der Waals surface area contributed by atoms with E-state index in [4.69, 9.17) is 4.74 Å². The predicted octanol–water partition coefficient (Wildman–Crippen LogP) is 2.88. The first-order valence-corrected chi connectivity index (χ1v) is 6.18. The van der Waals surface area contributed by atoms with Crippen molar-refractivity contribution in [2.24, 2.45) is 11.3 Å². The molecule has 2 unspecified atom stereocenters. The van der Waals surface area contributed by atoms with Gasteiger partial charge in [0.15, 0.2) is 0 Å². The number of ether oxygens (including phenoxy) is 1. The van der Waals surface area contributed by atoms with Crippen molar-refractivity contribution in [2.45, 2.75) is 19.3 Å². The molecule has 0 bridgehead atoms. The van der Waals surface area contributed by atoms with Crippen LogP contribution in [0.1, 0.15) is 18.4 Å². The maximum atomic E-state index is 12.9. The summed E-state index contributed by atoms with van der Waals surface area (Å²) in [4.78, 5) is 12.1. The molecule has 2 aliphatic rings. The first-order chi connectivity index (χ1) is 8.60. The Kier molecular flexibility index (Phi) is 2.51. The zero-order valence-electron chi connectivity index (χ0n) is 10.1. The minimum Gasteiger partial charge on any atom is -0.465 e. The molecule has 18 heavy (non-hydrogen) atoms. The average Bonchev–Trinajstić information content (AvgIpc) is 2.79. The van der Waals surface area contributed by atoms with Crippen LogP contribution in [0.3, 0.4) is 0 Å². The van der Waals surface area contributed by atoms with E-state index in [0.29, 0.717) is 19.4 Å². The van der Waals surface area contributed by atoms with Gasteiger partial charge in [0.25, 0.3) is 0 Å². The molecule has 1 heterocycles. The number of hydrogen-bond acceptors (Lipinski definition) is 2. The molecule has 1 saturated carbocycles. The Morgan fingerprint density at radius 1 is 1.39 bits per heavy atom. The van der Waals surface area contributed by atoms with Gasteiger partial charge in [-0.1, -0.05) is 24.3 Å². The monoisotopic (exact) mass is 246 g/mol. The molecule has 94 valence electrons. The largest absolute Gasteiger partial charge is 0.465 e. The normalized spacial score (nSPS) is 30.4. The molecular formula is C15H15FO2. The van der Waals surface area contributed by atoms with E-state index in [1.807, 2.05) is 0 Å². The average molecular weight is 246 g/mol. The highest BCUT2D eigenvalue weighted by Gasteiger charge is 2.55. The standard InChI is InChI=1S/C15H15FO2/c1-10-6-12-9-18-14(17)15(12,7-10)8-11-2-4-13(16)5-3-11/h2-5,12H,1,6-9H2. The first kappa shape index (κ1) is 11.5. The van der Waals surface area contributed by atoms with Crippen molar-refractivity contribution in [1.29, 1.82) is 0 Å². The lowest BCUT2D eigenvalue weighted by Gasteiger charge is -2.23.